The Morgan fingerprint density at radius 2 is 0.638 bits per heavy atom. The first-order chi connectivity index (χ1) is 68.0. The van der Waals surface area contributed by atoms with Gasteiger partial charge in [-0.15, -0.1) is 81.2 Å². The van der Waals surface area contributed by atoms with E-state index >= 15 is 0 Å². The van der Waals surface area contributed by atoms with Gasteiger partial charge in [-0.3, -0.25) is 58.7 Å². The molecule has 0 saturated heterocycles. The predicted octanol–water partition coefficient (Wildman–Crippen LogP) is 24.4. The van der Waals surface area contributed by atoms with Crippen LogP contribution in [0.25, 0.3) is 67.5 Å². The van der Waals surface area contributed by atoms with Crippen molar-refractivity contribution in [2.75, 3.05) is 31.9 Å². The van der Waals surface area contributed by atoms with Crippen LogP contribution >= 0.6 is 95.6 Å². The van der Waals surface area contributed by atoms with E-state index in [9.17, 15) is 59.5 Å². The summed E-state index contributed by atoms with van der Waals surface area (Å²) >= 11 is 17.4. The Kier molecular flexibility index (Phi) is 37.4. The van der Waals surface area contributed by atoms with Gasteiger partial charge in [0.2, 0.25) is 35.4 Å². The van der Waals surface area contributed by atoms with E-state index in [1.165, 1.54) is 97.8 Å². The molecule has 0 aliphatic rings. The second-order valence-corrected chi connectivity index (χ2v) is 36.6. The van der Waals surface area contributed by atoms with E-state index < -0.39 is 47.2 Å². The minimum atomic E-state index is -4.82. The highest BCUT2D eigenvalue weighted by molar-refractivity contribution is 9.10. The molecule has 18 rings (SSSR count). The number of carbonyl (C=O) groups excluding carboxylic acids is 6. The molecule has 0 spiro atoms. The van der Waals surface area contributed by atoms with Gasteiger partial charge in [0.1, 0.15) is 29.0 Å². The number of halogens is 9. The number of para-hydroxylation sites is 1. The second-order valence-electron chi connectivity index (χ2n) is 30.2. The van der Waals surface area contributed by atoms with E-state index in [0.717, 1.165) is 130 Å². The Balaban J connectivity index is 0.000000142. The molecule has 40 heteroatoms. The normalized spacial score (nSPS) is 10.6. The molecule has 12 aromatic heterocycles. The summed E-state index contributed by atoms with van der Waals surface area (Å²) in [5, 5.41) is 31.1. The molecule has 0 bridgehead atoms. The third-order valence-electron chi connectivity index (χ3n) is 19.7. The number of aryl methyl sites for hydroxylation is 4. The summed E-state index contributed by atoms with van der Waals surface area (Å²) in [5.74, 6) is -4.55. The SMILES string of the molecule is Cc1cc(C)c(CC(=O)Nc2nc(-c3ccncc3)cs2)c(C)c1.Cc1ccccc1CC(=O)Nc1nc(-c2ccncc2)cs1.O=C(Cc1cc(Cl)ccc1Br)Nc1nc(-c2ccncc2)cs1.O=C(Cc1cc(F)cc(F)c1)Nc1nc(-c2ccncc2)cs1.O=C(Cc1cc(F)ccc1F)Nc1nc(-c2ccncc2)cs1.O=C(Cc1ccccc1OC(F)(F)F)Nc1nc(-c2ccncc2)cs1. The second kappa shape index (κ2) is 51.0. The van der Waals surface area contributed by atoms with Crippen LogP contribution in [0.5, 0.6) is 5.75 Å². The summed E-state index contributed by atoms with van der Waals surface area (Å²) in [6.45, 7) is 8.18. The lowest BCUT2D eigenvalue weighted by atomic mass is 9.97. The van der Waals surface area contributed by atoms with Gasteiger partial charge in [-0.1, -0.05) is 87.7 Å². The molecule has 0 radical (unpaired) electrons. The highest BCUT2D eigenvalue weighted by Gasteiger charge is 2.32. The predicted molar refractivity (Wildman–Crippen MR) is 543 cm³/mol. The molecule has 18 aromatic rings. The molecule has 0 aliphatic heterocycles. The minimum absolute atomic E-state index is 0.00779. The van der Waals surface area contributed by atoms with Gasteiger partial charge < -0.3 is 36.6 Å². The number of carbonyl (C=O) groups is 6. The number of benzene rings is 6. The van der Waals surface area contributed by atoms with Crippen molar-refractivity contribution in [3.63, 3.8) is 0 Å². The summed E-state index contributed by atoms with van der Waals surface area (Å²) in [6.07, 6.45) is 15.7. The van der Waals surface area contributed by atoms with Crippen molar-refractivity contribution in [1.82, 2.24) is 59.8 Å². The van der Waals surface area contributed by atoms with Crippen molar-refractivity contribution in [1.29, 1.82) is 0 Å². The number of amides is 6. The standard InChI is InChI=1S/C19H19N3OS.C17H12F3N3O2S.C17H15N3OS.C16H11BrClN3OS.2C16H11F2N3OS/c1-12-8-13(2)16(14(3)9-12)10-18(23)22-19-21-17(11-24-19)15-4-6-20-7-5-15;18-17(19,20)25-14-4-2-1-3-12(14)9-15(24)23-16-22-13(10-26-16)11-5-7-21-8-6-11;1-12-4-2-3-5-14(12)10-16(21)20-17-19-15(11-22-17)13-6-8-18-9-7-13;17-13-2-1-12(18)7-11(13)8-15(22)21-16-20-14(9-23-16)10-3-5-19-6-4-10;17-12-5-10(6-13(18)8-12)7-15(22)21-16-20-14(9-23-16)11-1-3-19-4-2-11;17-12-1-2-13(18)11(7-12)8-15(22)21-16-20-14(9-23-16)10-3-5-19-6-4-10/h4-9,11H,10H2,1-3H3,(H,21,22,23);1-8,10H,9H2,(H,22,23,24);2-9,11H,10H2,1H3,(H,19,20,21);1-7,9H,8H2,(H,20,21,22);1-6,8-9H,7H2,(H,20,21,22);1-7,9H,8H2,(H,20,21,22). The third kappa shape index (κ3) is 32.8. The lowest BCUT2D eigenvalue weighted by Crippen LogP contribution is -2.20. The fourth-order valence-electron chi connectivity index (χ4n) is 13.2. The highest BCUT2D eigenvalue weighted by atomic mass is 79.9. The number of alkyl halides is 3. The molecule has 25 nitrogen and oxygen atoms in total. The number of thiazole rings is 6. The lowest BCUT2D eigenvalue weighted by molar-refractivity contribution is -0.275. The van der Waals surface area contributed by atoms with Crippen molar-refractivity contribution in [3.05, 3.63) is 383 Å². The Bertz CT molecular complexity index is 7100. The zero-order valence-corrected chi connectivity index (χ0v) is 81.8. The van der Waals surface area contributed by atoms with Crippen LogP contribution in [0.15, 0.2) is 299 Å². The Morgan fingerprint density at radius 1 is 0.326 bits per heavy atom. The average molecular weight is 2100 g/mol. The molecule has 6 N–H and O–H groups in total. The first-order valence-corrected chi connectivity index (χ1v) is 48.7. The fourth-order valence-corrected chi connectivity index (χ4v) is 18.2. The number of aromatic nitrogens is 12. The van der Waals surface area contributed by atoms with Crippen LogP contribution in [0, 0.1) is 51.0 Å². The topological polar surface area (TPSA) is 339 Å². The molecule has 714 valence electrons. The third-order valence-corrected chi connectivity index (χ3v) is 25.3. The van der Waals surface area contributed by atoms with Gasteiger partial charge >= 0.3 is 6.36 Å². The van der Waals surface area contributed by atoms with Gasteiger partial charge in [0.05, 0.1) is 72.7 Å². The fraction of sp³-hybridized carbons (Fsp3) is 0.109. The number of ether oxygens (including phenoxy) is 1. The zero-order chi connectivity index (χ0) is 99.7. The molecule has 6 aromatic carbocycles. The molecule has 0 unspecified atom stereocenters. The number of pyridine rings is 6. The maximum absolute atomic E-state index is 13.5. The minimum Gasteiger partial charge on any atom is -0.405 e. The molecular formula is C101H79BrClF7N18O7S6. The Morgan fingerprint density at radius 3 is 0.993 bits per heavy atom. The van der Waals surface area contributed by atoms with Crippen LogP contribution in [0.2, 0.25) is 5.02 Å². The van der Waals surface area contributed by atoms with Crippen LogP contribution < -0.4 is 36.6 Å². The van der Waals surface area contributed by atoms with E-state index in [1.54, 1.807) is 109 Å². The molecule has 6 amide bonds. The van der Waals surface area contributed by atoms with Gasteiger partial charge in [-0.2, -0.15) is 0 Å². The van der Waals surface area contributed by atoms with Crippen molar-refractivity contribution >= 4 is 162 Å². The molecule has 0 atom stereocenters. The van der Waals surface area contributed by atoms with E-state index in [0.29, 0.717) is 60.0 Å². The number of hydrogen-bond donors (Lipinski definition) is 6. The molecule has 0 fully saturated rings. The highest BCUT2D eigenvalue weighted by Crippen LogP contribution is 2.34. The lowest BCUT2D eigenvalue weighted by Gasteiger charge is -2.12. The van der Waals surface area contributed by atoms with E-state index in [4.69, 9.17) is 11.6 Å². The quantitative estimate of drug-likeness (QED) is 0.0289. The largest absolute Gasteiger partial charge is 0.573 e. The van der Waals surface area contributed by atoms with Crippen LogP contribution in [-0.2, 0) is 67.3 Å². The van der Waals surface area contributed by atoms with Crippen molar-refractivity contribution < 1.29 is 64.2 Å². The summed E-state index contributed by atoms with van der Waals surface area (Å²) in [5.41, 5.74) is 18.2. The van der Waals surface area contributed by atoms with E-state index in [1.807, 2.05) is 133 Å². The number of nitrogens with one attached hydrogen (secondary N) is 6. The number of anilines is 6. The van der Waals surface area contributed by atoms with Gasteiger partial charge in [0.25, 0.3) is 0 Å². The molecular weight excluding hydrogens is 2020 g/mol. The van der Waals surface area contributed by atoms with Crippen LogP contribution in [0.3, 0.4) is 0 Å². The Labute approximate surface area is 840 Å². The number of rotatable bonds is 25. The summed E-state index contributed by atoms with van der Waals surface area (Å²) < 4.78 is 95.0. The van der Waals surface area contributed by atoms with Crippen molar-refractivity contribution in [2.24, 2.45) is 0 Å². The first-order valence-electron chi connectivity index (χ1n) is 42.2. The summed E-state index contributed by atoms with van der Waals surface area (Å²) in [4.78, 5) is 123. The number of hydrogen-bond acceptors (Lipinski definition) is 25. The molecule has 0 aliphatic carbocycles. The van der Waals surface area contributed by atoms with E-state index in [-0.39, 0.29) is 66.0 Å². The summed E-state index contributed by atoms with van der Waals surface area (Å²) in [7, 11) is 0. The molecule has 12 heterocycles. The van der Waals surface area contributed by atoms with Gasteiger partial charge in [0.15, 0.2) is 30.8 Å². The smallest absolute Gasteiger partial charge is 0.405 e. The monoisotopic (exact) mass is 2090 g/mol. The van der Waals surface area contributed by atoms with Crippen LogP contribution in [-0.4, -0.2) is 102 Å². The summed E-state index contributed by atoms with van der Waals surface area (Å²) in [6, 6.07) is 51.2. The van der Waals surface area contributed by atoms with Gasteiger partial charge in [-0.05, 0) is 194 Å². The Hall–Kier alpha value is -15.1. The molecule has 0 saturated carbocycles. The zero-order valence-electron chi connectivity index (χ0n) is 74.6. The average Bonchev–Trinajstić information content (AvgIpc) is 1.66. The molecule has 141 heavy (non-hydrogen) atoms. The van der Waals surface area contributed by atoms with Crippen LogP contribution in [0.1, 0.15) is 55.6 Å². The first kappa shape index (κ1) is 103. The van der Waals surface area contributed by atoms with Crippen molar-refractivity contribution in [2.45, 2.75) is 72.6 Å². The van der Waals surface area contributed by atoms with Gasteiger partial charge in [0, 0.05) is 167 Å². The van der Waals surface area contributed by atoms with Crippen molar-refractivity contribution in [3.8, 4) is 73.3 Å². The maximum Gasteiger partial charge on any atom is 0.573 e. The number of nitrogens with zero attached hydrogens (tertiary/aromatic N) is 12. The van der Waals surface area contributed by atoms with Crippen LogP contribution in [0.4, 0.5) is 61.5 Å². The maximum atomic E-state index is 13.5. The van der Waals surface area contributed by atoms with Gasteiger partial charge in [-0.25, -0.2) is 47.5 Å². The van der Waals surface area contributed by atoms with E-state index in [2.05, 4.69) is 131 Å².